The number of anilines is 1. The van der Waals surface area contributed by atoms with Gasteiger partial charge in [0.25, 0.3) is 0 Å². The highest BCUT2D eigenvalue weighted by molar-refractivity contribution is 8.00. The normalized spacial score (nSPS) is 11.7. The Kier molecular flexibility index (Phi) is 7.04. The first-order valence-corrected chi connectivity index (χ1v) is 11.5. The van der Waals surface area contributed by atoms with E-state index in [2.05, 4.69) is 20.8 Å². The number of aryl methyl sites for hydroxylation is 2. The lowest BCUT2D eigenvalue weighted by Gasteiger charge is -2.18. The zero-order valence-electron chi connectivity index (χ0n) is 18.7. The Morgan fingerprint density at radius 2 is 1.82 bits per heavy atom. The average molecular weight is 460 g/mol. The Labute approximate surface area is 197 Å². The van der Waals surface area contributed by atoms with Crippen molar-refractivity contribution in [3.63, 3.8) is 0 Å². The third-order valence-electron chi connectivity index (χ3n) is 5.05. The Morgan fingerprint density at radius 1 is 1.06 bits per heavy atom. The molecule has 3 aromatic carbocycles. The molecule has 0 saturated carbocycles. The largest absolute Gasteiger partial charge is 0.492 e. The minimum Gasteiger partial charge on any atom is -0.492 e. The number of carbonyl (C=O) groups excluding carboxylic acids is 1. The molecule has 0 saturated heterocycles. The molecule has 4 rings (SSSR count). The number of carbonyl (C=O) groups is 1. The lowest BCUT2D eigenvalue weighted by atomic mass is 10.1. The van der Waals surface area contributed by atoms with Gasteiger partial charge in [0.15, 0.2) is 0 Å². The van der Waals surface area contributed by atoms with Crippen molar-refractivity contribution in [2.75, 3.05) is 11.9 Å². The molecule has 1 amide bonds. The van der Waals surface area contributed by atoms with Crippen LogP contribution in [0.2, 0.25) is 0 Å². The quantitative estimate of drug-likeness (QED) is 0.367. The Hall–Kier alpha value is -3.65. The molecule has 0 aliphatic heterocycles. The fraction of sp³-hybridized carbons (Fsp3) is 0.200. The van der Waals surface area contributed by atoms with Crippen molar-refractivity contribution in [1.82, 2.24) is 20.2 Å². The zero-order valence-corrected chi connectivity index (χ0v) is 19.5. The van der Waals surface area contributed by atoms with Gasteiger partial charge in [-0.15, -0.1) is 5.10 Å². The summed E-state index contributed by atoms with van der Waals surface area (Å²) in [5, 5.41) is 15.3. The maximum Gasteiger partial charge on any atom is 0.242 e. The van der Waals surface area contributed by atoms with Crippen LogP contribution in [0.5, 0.6) is 5.75 Å². The van der Waals surface area contributed by atoms with E-state index in [-0.39, 0.29) is 5.91 Å². The highest BCUT2D eigenvalue weighted by Crippen LogP contribution is 2.37. The molecule has 0 aliphatic carbocycles. The third kappa shape index (κ3) is 5.23. The van der Waals surface area contributed by atoms with Crippen LogP contribution in [0.3, 0.4) is 0 Å². The van der Waals surface area contributed by atoms with Crippen molar-refractivity contribution in [1.29, 1.82) is 0 Å². The van der Waals surface area contributed by atoms with Gasteiger partial charge in [-0.25, -0.2) is 0 Å². The van der Waals surface area contributed by atoms with Crippen LogP contribution >= 0.6 is 11.8 Å². The molecule has 1 atom stereocenters. The number of rotatable bonds is 8. The van der Waals surface area contributed by atoms with Crippen molar-refractivity contribution in [3.8, 4) is 11.4 Å². The van der Waals surface area contributed by atoms with E-state index in [4.69, 9.17) is 4.74 Å². The second kappa shape index (κ2) is 10.3. The zero-order chi connectivity index (χ0) is 23.2. The molecule has 1 aromatic heterocycles. The number of nitrogens with one attached hydrogen (secondary N) is 1. The van der Waals surface area contributed by atoms with E-state index in [1.165, 1.54) is 11.8 Å². The van der Waals surface area contributed by atoms with Gasteiger partial charge in [0, 0.05) is 5.69 Å². The number of nitrogens with zero attached hydrogens (tertiary/aromatic N) is 4. The van der Waals surface area contributed by atoms with E-state index in [0.717, 1.165) is 22.4 Å². The molecule has 1 N–H and O–H groups in total. The second-order valence-corrected chi connectivity index (χ2v) is 8.56. The summed E-state index contributed by atoms with van der Waals surface area (Å²) in [6.07, 6.45) is 0. The second-order valence-electron chi connectivity index (χ2n) is 7.49. The van der Waals surface area contributed by atoms with Crippen LogP contribution in [0.15, 0.2) is 78.0 Å². The van der Waals surface area contributed by atoms with E-state index in [1.807, 2.05) is 93.6 Å². The maximum atomic E-state index is 13.5. The van der Waals surface area contributed by atoms with Crippen molar-refractivity contribution < 1.29 is 9.53 Å². The molecule has 33 heavy (non-hydrogen) atoms. The first-order valence-electron chi connectivity index (χ1n) is 10.7. The topological polar surface area (TPSA) is 81.9 Å². The molecule has 0 fully saturated rings. The SMILES string of the molecule is CCOc1ccccc1-n1nnnc1S[C@H](C(=O)Nc1cc(C)ccc1C)c1ccccc1. The lowest BCUT2D eigenvalue weighted by molar-refractivity contribution is -0.115. The van der Waals surface area contributed by atoms with Gasteiger partial charge in [-0.2, -0.15) is 4.68 Å². The van der Waals surface area contributed by atoms with Crippen molar-refractivity contribution in [2.45, 2.75) is 31.2 Å². The molecule has 168 valence electrons. The van der Waals surface area contributed by atoms with Crippen molar-refractivity contribution in [2.24, 2.45) is 0 Å². The van der Waals surface area contributed by atoms with E-state index < -0.39 is 5.25 Å². The predicted molar refractivity (Wildman–Crippen MR) is 130 cm³/mol. The Morgan fingerprint density at radius 3 is 2.61 bits per heavy atom. The monoisotopic (exact) mass is 459 g/mol. The molecular formula is C25H25N5O2S. The third-order valence-corrected chi connectivity index (χ3v) is 6.24. The van der Waals surface area contributed by atoms with Crippen molar-refractivity contribution >= 4 is 23.4 Å². The lowest BCUT2D eigenvalue weighted by Crippen LogP contribution is -2.20. The minimum absolute atomic E-state index is 0.146. The molecular weight excluding hydrogens is 434 g/mol. The highest BCUT2D eigenvalue weighted by atomic mass is 32.2. The van der Waals surface area contributed by atoms with Crippen LogP contribution in [0, 0.1) is 13.8 Å². The number of thioether (sulfide) groups is 1. The standard InChI is InChI=1S/C25H25N5O2S/c1-4-32-22-13-9-8-12-21(22)30-25(27-28-29-30)33-23(19-10-6-5-7-11-19)24(31)26-20-16-17(2)14-15-18(20)3/h5-16,23H,4H2,1-3H3,(H,26,31)/t23-/m0/s1. The average Bonchev–Trinajstić information content (AvgIpc) is 3.29. The number of hydrogen-bond acceptors (Lipinski definition) is 6. The molecule has 0 bridgehead atoms. The molecule has 0 aliphatic rings. The van der Waals surface area contributed by atoms with Gasteiger partial charge in [0.05, 0.1) is 6.61 Å². The summed E-state index contributed by atoms with van der Waals surface area (Å²) in [5.41, 5.74) is 4.45. The number of para-hydroxylation sites is 2. The van der Waals surface area contributed by atoms with Gasteiger partial charge >= 0.3 is 0 Å². The van der Waals surface area contributed by atoms with Crippen LogP contribution in [0.1, 0.15) is 28.9 Å². The van der Waals surface area contributed by atoms with Crippen LogP contribution < -0.4 is 10.1 Å². The van der Waals surface area contributed by atoms with E-state index in [0.29, 0.717) is 23.2 Å². The van der Waals surface area contributed by atoms with E-state index >= 15 is 0 Å². The number of aromatic nitrogens is 4. The van der Waals surface area contributed by atoms with Crippen LogP contribution in [-0.2, 0) is 4.79 Å². The number of amides is 1. The fourth-order valence-electron chi connectivity index (χ4n) is 3.39. The molecule has 8 heteroatoms. The first kappa shape index (κ1) is 22.5. The summed E-state index contributed by atoms with van der Waals surface area (Å²) in [7, 11) is 0. The maximum absolute atomic E-state index is 13.5. The fourth-order valence-corrected chi connectivity index (χ4v) is 4.38. The molecule has 0 spiro atoms. The molecule has 1 heterocycles. The number of benzene rings is 3. The smallest absolute Gasteiger partial charge is 0.242 e. The summed E-state index contributed by atoms with van der Waals surface area (Å²) in [5.74, 6) is 0.526. The van der Waals surface area contributed by atoms with Gasteiger partial charge in [-0.1, -0.05) is 66.4 Å². The molecule has 0 unspecified atom stereocenters. The minimum atomic E-state index is -0.560. The van der Waals surface area contributed by atoms with E-state index in [9.17, 15) is 4.79 Å². The summed E-state index contributed by atoms with van der Waals surface area (Å²) >= 11 is 1.29. The van der Waals surface area contributed by atoms with Crippen LogP contribution in [-0.4, -0.2) is 32.7 Å². The number of hydrogen-bond donors (Lipinski definition) is 1. The van der Waals surface area contributed by atoms with Gasteiger partial charge < -0.3 is 10.1 Å². The highest BCUT2D eigenvalue weighted by Gasteiger charge is 2.26. The molecule has 0 radical (unpaired) electrons. The Bertz CT molecular complexity index is 1240. The number of ether oxygens (including phenoxy) is 1. The molecule has 7 nitrogen and oxygen atoms in total. The number of tetrazole rings is 1. The van der Waals surface area contributed by atoms with Gasteiger partial charge in [-0.3, -0.25) is 4.79 Å². The summed E-state index contributed by atoms with van der Waals surface area (Å²) in [4.78, 5) is 13.5. The van der Waals surface area contributed by atoms with Gasteiger partial charge in [0.1, 0.15) is 16.7 Å². The van der Waals surface area contributed by atoms with Crippen molar-refractivity contribution in [3.05, 3.63) is 89.5 Å². The summed E-state index contributed by atoms with van der Waals surface area (Å²) in [6.45, 7) is 6.43. The summed E-state index contributed by atoms with van der Waals surface area (Å²) in [6, 6.07) is 23.2. The van der Waals surface area contributed by atoms with Crippen LogP contribution in [0.4, 0.5) is 5.69 Å². The Balaban J connectivity index is 1.68. The predicted octanol–water partition coefficient (Wildman–Crippen LogP) is 5.15. The van der Waals surface area contributed by atoms with Gasteiger partial charge in [0.2, 0.25) is 11.1 Å². The van der Waals surface area contributed by atoms with Crippen LogP contribution in [0.25, 0.3) is 5.69 Å². The van der Waals surface area contributed by atoms with Gasteiger partial charge in [-0.05, 0) is 66.1 Å². The first-order chi connectivity index (χ1) is 16.1. The summed E-state index contributed by atoms with van der Waals surface area (Å²) < 4.78 is 7.36. The molecule has 4 aromatic rings. The van der Waals surface area contributed by atoms with E-state index in [1.54, 1.807) is 4.68 Å².